The van der Waals surface area contributed by atoms with Crippen LogP contribution in [0.25, 0.3) is 0 Å². The fourth-order valence-electron chi connectivity index (χ4n) is 2.43. The maximum absolute atomic E-state index is 12.7. The van der Waals surface area contributed by atoms with E-state index in [1.165, 1.54) is 10.4 Å². The maximum atomic E-state index is 12.7. The second-order valence-corrected chi connectivity index (χ2v) is 6.93. The van der Waals surface area contributed by atoms with Gasteiger partial charge in [-0.15, -0.1) is 11.3 Å². The zero-order valence-electron chi connectivity index (χ0n) is 13.1. The third-order valence-corrected chi connectivity index (χ3v) is 5.03. The highest BCUT2D eigenvalue weighted by Gasteiger charge is 2.20. The van der Waals surface area contributed by atoms with E-state index in [2.05, 4.69) is 13.0 Å². The summed E-state index contributed by atoms with van der Waals surface area (Å²) < 4.78 is 11.2. The Kier molecular flexibility index (Phi) is 4.78. The lowest BCUT2D eigenvalue weighted by molar-refractivity contribution is 0.0786. The number of fused-ring (bicyclic) bond motifs is 1. The molecular formula is C17H18ClNO3S. The Bertz CT molecular complexity index is 729. The molecule has 122 valence electrons. The lowest BCUT2D eigenvalue weighted by atomic mass is 10.1. The van der Waals surface area contributed by atoms with Gasteiger partial charge in [-0.2, -0.15) is 0 Å². The average Bonchev–Trinajstić information content (AvgIpc) is 2.79. The van der Waals surface area contributed by atoms with Crippen LogP contribution in [0.3, 0.4) is 0 Å². The Hall–Kier alpha value is -1.72. The number of rotatable bonds is 3. The molecule has 4 nitrogen and oxygen atoms in total. The van der Waals surface area contributed by atoms with E-state index in [1.54, 1.807) is 35.4 Å². The van der Waals surface area contributed by atoms with Crippen molar-refractivity contribution in [1.82, 2.24) is 4.90 Å². The van der Waals surface area contributed by atoms with Gasteiger partial charge in [0.2, 0.25) is 0 Å². The summed E-state index contributed by atoms with van der Waals surface area (Å²) in [5, 5.41) is 2.45. The molecule has 0 saturated heterocycles. The normalized spacial score (nSPS) is 13.5. The van der Waals surface area contributed by atoms with Crippen LogP contribution in [0, 0.1) is 6.92 Å². The van der Waals surface area contributed by atoms with Crippen molar-refractivity contribution in [2.45, 2.75) is 19.9 Å². The molecule has 23 heavy (non-hydrogen) atoms. The number of hydrogen-bond donors (Lipinski definition) is 0. The first-order valence-corrected chi connectivity index (χ1v) is 8.69. The molecule has 0 unspecified atom stereocenters. The number of halogens is 1. The van der Waals surface area contributed by atoms with Gasteiger partial charge in [0.1, 0.15) is 0 Å². The Morgan fingerprint density at radius 2 is 2.13 bits per heavy atom. The standard InChI is InChI=1S/C17H18ClNO3S/c1-11-4-7-23-15(11)10-19(2)17(20)12-8-13(18)16-14(9-12)21-5-3-6-22-16/h4,7-9H,3,5-6,10H2,1-2H3. The average molecular weight is 352 g/mol. The van der Waals surface area contributed by atoms with Crippen LogP contribution in [0.5, 0.6) is 11.5 Å². The first-order chi connectivity index (χ1) is 11.1. The highest BCUT2D eigenvalue weighted by atomic mass is 35.5. The van der Waals surface area contributed by atoms with E-state index in [9.17, 15) is 4.79 Å². The minimum Gasteiger partial charge on any atom is -0.489 e. The Balaban J connectivity index is 1.83. The molecule has 0 spiro atoms. The predicted octanol–water partition coefficient (Wildman–Crippen LogP) is 4.14. The molecule has 0 fully saturated rings. The van der Waals surface area contributed by atoms with Crippen LogP contribution >= 0.6 is 22.9 Å². The molecule has 0 atom stereocenters. The van der Waals surface area contributed by atoms with Gasteiger partial charge in [0.15, 0.2) is 11.5 Å². The van der Waals surface area contributed by atoms with Gasteiger partial charge in [-0.05, 0) is 36.1 Å². The second kappa shape index (κ2) is 6.81. The summed E-state index contributed by atoms with van der Waals surface area (Å²) in [6.07, 6.45) is 0.797. The second-order valence-electron chi connectivity index (χ2n) is 5.52. The van der Waals surface area contributed by atoms with Crippen molar-refractivity contribution in [2.75, 3.05) is 20.3 Å². The van der Waals surface area contributed by atoms with Crippen LogP contribution < -0.4 is 9.47 Å². The Morgan fingerprint density at radius 1 is 1.35 bits per heavy atom. The quantitative estimate of drug-likeness (QED) is 0.834. The number of carbonyl (C=O) groups excluding carboxylic acids is 1. The van der Waals surface area contributed by atoms with E-state index in [0.29, 0.717) is 41.8 Å². The Morgan fingerprint density at radius 3 is 2.87 bits per heavy atom. The van der Waals surface area contributed by atoms with Crippen LogP contribution in [0.1, 0.15) is 27.2 Å². The monoisotopic (exact) mass is 351 g/mol. The third kappa shape index (κ3) is 3.46. The number of ether oxygens (including phenoxy) is 2. The van der Waals surface area contributed by atoms with Gasteiger partial charge in [0.25, 0.3) is 5.91 Å². The van der Waals surface area contributed by atoms with Crippen molar-refractivity contribution in [3.8, 4) is 11.5 Å². The summed E-state index contributed by atoms with van der Waals surface area (Å²) in [5.74, 6) is 0.979. The van der Waals surface area contributed by atoms with Gasteiger partial charge in [-0.1, -0.05) is 11.6 Å². The summed E-state index contributed by atoms with van der Waals surface area (Å²) in [4.78, 5) is 15.6. The van der Waals surface area contributed by atoms with Gasteiger partial charge in [-0.3, -0.25) is 4.79 Å². The van der Waals surface area contributed by atoms with Crippen LogP contribution in [0.15, 0.2) is 23.6 Å². The molecule has 0 radical (unpaired) electrons. The molecule has 1 aliphatic rings. The highest BCUT2D eigenvalue weighted by molar-refractivity contribution is 7.10. The van der Waals surface area contributed by atoms with Crippen molar-refractivity contribution in [1.29, 1.82) is 0 Å². The minimum absolute atomic E-state index is 0.0876. The SMILES string of the molecule is Cc1ccsc1CN(C)C(=O)c1cc(Cl)c2c(c1)OCCCO2. The topological polar surface area (TPSA) is 38.8 Å². The first kappa shape index (κ1) is 16.1. The number of aryl methyl sites for hydroxylation is 1. The van der Waals surface area contributed by atoms with Crippen molar-refractivity contribution < 1.29 is 14.3 Å². The lowest BCUT2D eigenvalue weighted by Crippen LogP contribution is -2.26. The van der Waals surface area contributed by atoms with Gasteiger partial charge in [0.05, 0.1) is 24.8 Å². The molecule has 0 bridgehead atoms. The van der Waals surface area contributed by atoms with Crippen LogP contribution in [-0.2, 0) is 6.54 Å². The summed E-state index contributed by atoms with van der Waals surface area (Å²) >= 11 is 7.92. The zero-order valence-corrected chi connectivity index (χ0v) is 14.7. The fraction of sp³-hybridized carbons (Fsp3) is 0.353. The molecule has 3 rings (SSSR count). The predicted molar refractivity (Wildman–Crippen MR) is 91.9 cm³/mol. The Labute approximate surface area is 144 Å². The molecule has 1 aromatic heterocycles. The van der Waals surface area contributed by atoms with Crippen molar-refractivity contribution in [3.05, 3.63) is 44.6 Å². The number of carbonyl (C=O) groups is 1. The number of amides is 1. The first-order valence-electron chi connectivity index (χ1n) is 7.44. The minimum atomic E-state index is -0.0876. The maximum Gasteiger partial charge on any atom is 0.254 e. The van der Waals surface area contributed by atoms with E-state index in [1.807, 2.05) is 5.38 Å². The lowest BCUT2D eigenvalue weighted by Gasteiger charge is -2.18. The van der Waals surface area contributed by atoms with E-state index >= 15 is 0 Å². The molecular weight excluding hydrogens is 334 g/mol. The van der Waals surface area contributed by atoms with Crippen molar-refractivity contribution >= 4 is 28.8 Å². The van der Waals surface area contributed by atoms with Crippen LogP contribution in [-0.4, -0.2) is 31.1 Å². The van der Waals surface area contributed by atoms with Crippen LogP contribution in [0.4, 0.5) is 0 Å². The number of thiophene rings is 1. The largest absolute Gasteiger partial charge is 0.489 e. The summed E-state index contributed by atoms with van der Waals surface area (Å²) in [6, 6.07) is 5.42. The summed E-state index contributed by atoms with van der Waals surface area (Å²) in [5.41, 5.74) is 1.71. The molecule has 0 N–H and O–H groups in total. The van der Waals surface area contributed by atoms with E-state index in [4.69, 9.17) is 21.1 Å². The smallest absolute Gasteiger partial charge is 0.254 e. The molecule has 2 aromatic rings. The third-order valence-electron chi connectivity index (χ3n) is 3.74. The van der Waals surface area contributed by atoms with Crippen molar-refractivity contribution in [3.63, 3.8) is 0 Å². The van der Waals surface area contributed by atoms with Gasteiger partial charge in [-0.25, -0.2) is 0 Å². The van der Waals surface area contributed by atoms with Gasteiger partial charge < -0.3 is 14.4 Å². The van der Waals surface area contributed by atoms with Crippen LogP contribution in [0.2, 0.25) is 5.02 Å². The summed E-state index contributed by atoms with van der Waals surface area (Å²) in [6.45, 7) is 3.76. The van der Waals surface area contributed by atoms with Gasteiger partial charge >= 0.3 is 0 Å². The molecule has 1 aromatic carbocycles. The zero-order chi connectivity index (χ0) is 16.4. The molecule has 6 heteroatoms. The molecule has 0 aliphatic carbocycles. The molecule has 2 heterocycles. The van der Waals surface area contributed by atoms with Gasteiger partial charge in [0, 0.05) is 23.9 Å². The molecule has 1 amide bonds. The number of benzene rings is 1. The number of hydrogen-bond acceptors (Lipinski definition) is 4. The highest BCUT2D eigenvalue weighted by Crippen LogP contribution is 2.38. The van der Waals surface area contributed by atoms with Crippen molar-refractivity contribution in [2.24, 2.45) is 0 Å². The fourth-order valence-corrected chi connectivity index (χ4v) is 3.65. The van der Waals surface area contributed by atoms with E-state index in [-0.39, 0.29) is 5.91 Å². The molecule has 1 aliphatic heterocycles. The van der Waals surface area contributed by atoms with E-state index in [0.717, 1.165) is 6.42 Å². The summed E-state index contributed by atoms with van der Waals surface area (Å²) in [7, 11) is 1.79. The molecule has 0 saturated carbocycles. The van der Waals surface area contributed by atoms with E-state index < -0.39 is 0 Å². The number of nitrogens with zero attached hydrogens (tertiary/aromatic N) is 1.